The van der Waals surface area contributed by atoms with Crippen LogP contribution >= 0.6 is 0 Å². The second kappa shape index (κ2) is 4.65. The minimum atomic E-state index is 0.416. The first-order valence-electron chi connectivity index (χ1n) is 4.66. The quantitative estimate of drug-likeness (QED) is 0.718. The third-order valence-electron chi connectivity index (χ3n) is 1.76. The van der Waals surface area contributed by atoms with Crippen LogP contribution in [0.1, 0.15) is 12.8 Å². The van der Waals surface area contributed by atoms with E-state index in [0.29, 0.717) is 37.2 Å². The molecule has 0 aliphatic heterocycles. The molecule has 0 bridgehead atoms. The summed E-state index contributed by atoms with van der Waals surface area (Å²) in [7, 11) is 0. The van der Waals surface area contributed by atoms with Crippen molar-refractivity contribution in [1.82, 2.24) is 25.3 Å². The van der Waals surface area contributed by atoms with Gasteiger partial charge in [0.15, 0.2) is 5.82 Å². The van der Waals surface area contributed by atoms with Crippen LogP contribution in [0.2, 0.25) is 0 Å². The van der Waals surface area contributed by atoms with Gasteiger partial charge in [0.05, 0.1) is 13.0 Å². The van der Waals surface area contributed by atoms with Gasteiger partial charge in [-0.25, -0.2) is 4.98 Å². The van der Waals surface area contributed by atoms with Crippen molar-refractivity contribution in [3.63, 3.8) is 0 Å². The van der Waals surface area contributed by atoms with E-state index < -0.39 is 0 Å². The summed E-state index contributed by atoms with van der Waals surface area (Å²) >= 11 is 0. The minimum Gasteiger partial charge on any atom is -0.381 e. The van der Waals surface area contributed by atoms with E-state index >= 15 is 0 Å². The molecule has 0 saturated carbocycles. The van der Waals surface area contributed by atoms with Crippen LogP contribution in [0.3, 0.4) is 0 Å². The molecule has 0 radical (unpaired) electrons. The zero-order chi connectivity index (χ0) is 10.5. The molecule has 2 heterocycles. The van der Waals surface area contributed by atoms with Crippen LogP contribution in [0.5, 0.6) is 0 Å². The van der Waals surface area contributed by atoms with E-state index in [9.17, 15) is 0 Å². The Labute approximate surface area is 85.9 Å². The maximum Gasteiger partial charge on any atom is 0.239 e. The SMILES string of the molecule is CCOCCc1nc(-c2ncn[nH]2)no1. The fourth-order valence-electron chi connectivity index (χ4n) is 1.07. The molecule has 0 aromatic carbocycles. The van der Waals surface area contributed by atoms with Crippen molar-refractivity contribution in [3.05, 3.63) is 12.2 Å². The molecule has 0 spiro atoms. The monoisotopic (exact) mass is 209 g/mol. The molecule has 7 nitrogen and oxygen atoms in total. The Hall–Kier alpha value is -1.76. The average molecular weight is 209 g/mol. The Morgan fingerprint density at radius 3 is 3.20 bits per heavy atom. The number of hydrogen-bond donors (Lipinski definition) is 1. The van der Waals surface area contributed by atoms with E-state index in [0.717, 1.165) is 0 Å². The average Bonchev–Trinajstić information content (AvgIpc) is 2.87. The second-order valence-electron chi connectivity index (χ2n) is 2.79. The first-order valence-corrected chi connectivity index (χ1v) is 4.66. The van der Waals surface area contributed by atoms with Crippen molar-refractivity contribution < 1.29 is 9.26 Å². The van der Waals surface area contributed by atoms with Gasteiger partial charge < -0.3 is 9.26 Å². The molecule has 0 aliphatic carbocycles. The van der Waals surface area contributed by atoms with E-state index in [2.05, 4.69) is 25.3 Å². The first-order chi connectivity index (χ1) is 7.40. The maximum absolute atomic E-state index is 5.17. The summed E-state index contributed by atoms with van der Waals surface area (Å²) in [6.45, 7) is 3.20. The topological polar surface area (TPSA) is 89.7 Å². The molecule has 0 amide bonds. The number of aromatic amines is 1. The summed E-state index contributed by atoms with van der Waals surface area (Å²) in [6, 6.07) is 0. The summed E-state index contributed by atoms with van der Waals surface area (Å²) in [5.74, 6) is 1.45. The zero-order valence-electron chi connectivity index (χ0n) is 8.30. The van der Waals surface area contributed by atoms with E-state index in [1.807, 2.05) is 6.92 Å². The molecular formula is C8H11N5O2. The van der Waals surface area contributed by atoms with Gasteiger partial charge in [-0.2, -0.15) is 10.1 Å². The summed E-state index contributed by atoms with van der Waals surface area (Å²) in [6.07, 6.45) is 2.00. The van der Waals surface area contributed by atoms with Gasteiger partial charge in [-0.05, 0) is 6.92 Å². The van der Waals surface area contributed by atoms with Gasteiger partial charge in [0.25, 0.3) is 0 Å². The van der Waals surface area contributed by atoms with Gasteiger partial charge >= 0.3 is 0 Å². The number of ether oxygens (including phenoxy) is 1. The summed E-state index contributed by atoms with van der Waals surface area (Å²) in [5, 5.41) is 10.1. The second-order valence-corrected chi connectivity index (χ2v) is 2.79. The summed E-state index contributed by atoms with van der Waals surface area (Å²) in [4.78, 5) is 8.05. The Morgan fingerprint density at radius 2 is 2.47 bits per heavy atom. The van der Waals surface area contributed by atoms with Crippen LogP contribution in [0.25, 0.3) is 11.6 Å². The Morgan fingerprint density at radius 1 is 1.53 bits per heavy atom. The largest absolute Gasteiger partial charge is 0.381 e. The first kappa shape index (κ1) is 9.78. The van der Waals surface area contributed by atoms with Crippen LogP contribution in [-0.2, 0) is 11.2 Å². The van der Waals surface area contributed by atoms with Crippen molar-refractivity contribution in [2.24, 2.45) is 0 Å². The third-order valence-corrected chi connectivity index (χ3v) is 1.76. The van der Waals surface area contributed by atoms with E-state index in [-0.39, 0.29) is 0 Å². The van der Waals surface area contributed by atoms with Gasteiger partial charge in [0.2, 0.25) is 11.7 Å². The fraction of sp³-hybridized carbons (Fsp3) is 0.500. The van der Waals surface area contributed by atoms with E-state index in [4.69, 9.17) is 9.26 Å². The number of nitrogens with zero attached hydrogens (tertiary/aromatic N) is 4. The predicted octanol–water partition coefficient (Wildman–Crippen LogP) is 0.434. The molecule has 0 atom stereocenters. The molecule has 0 fully saturated rings. The molecule has 80 valence electrons. The highest BCUT2D eigenvalue weighted by atomic mass is 16.5. The summed E-state index contributed by atoms with van der Waals surface area (Å²) < 4.78 is 10.2. The lowest BCUT2D eigenvalue weighted by Crippen LogP contribution is -1.97. The molecule has 2 rings (SSSR count). The Kier molecular flexibility index (Phi) is 3.03. The van der Waals surface area contributed by atoms with Crippen LogP contribution < -0.4 is 0 Å². The van der Waals surface area contributed by atoms with Gasteiger partial charge in [-0.15, -0.1) is 0 Å². The van der Waals surface area contributed by atoms with Crippen LogP contribution in [0, 0.1) is 0 Å². The van der Waals surface area contributed by atoms with Crippen LogP contribution in [0.15, 0.2) is 10.9 Å². The van der Waals surface area contributed by atoms with Gasteiger partial charge in [0.1, 0.15) is 6.33 Å². The number of aromatic nitrogens is 5. The van der Waals surface area contributed by atoms with E-state index in [1.165, 1.54) is 6.33 Å². The normalized spacial score (nSPS) is 10.7. The minimum absolute atomic E-state index is 0.416. The van der Waals surface area contributed by atoms with Gasteiger partial charge in [0, 0.05) is 6.61 Å². The number of hydrogen-bond acceptors (Lipinski definition) is 6. The molecule has 0 unspecified atom stereocenters. The highest BCUT2D eigenvalue weighted by molar-refractivity contribution is 5.39. The standard InChI is InChI=1S/C8H11N5O2/c1-2-14-4-3-6-11-8(13-15-6)7-9-5-10-12-7/h5H,2-4H2,1H3,(H,9,10,12). The van der Waals surface area contributed by atoms with Crippen molar-refractivity contribution in [2.75, 3.05) is 13.2 Å². The van der Waals surface area contributed by atoms with Crippen molar-refractivity contribution in [1.29, 1.82) is 0 Å². The highest BCUT2D eigenvalue weighted by Crippen LogP contribution is 2.08. The lowest BCUT2D eigenvalue weighted by Gasteiger charge is -1.94. The van der Waals surface area contributed by atoms with Crippen molar-refractivity contribution in [2.45, 2.75) is 13.3 Å². The Bertz CT molecular complexity index is 397. The molecule has 15 heavy (non-hydrogen) atoms. The van der Waals surface area contributed by atoms with Gasteiger partial charge in [-0.3, -0.25) is 5.10 Å². The molecule has 0 saturated heterocycles. The van der Waals surface area contributed by atoms with Crippen molar-refractivity contribution in [3.8, 4) is 11.6 Å². The van der Waals surface area contributed by atoms with Gasteiger partial charge in [-0.1, -0.05) is 5.16 Å². The molecule has 7 heteroatoms. The third kappa shape index (κ3) is 2.38. The summed E-state index contributed by atoms with van der Waals surface area (Å²) in [5.41, 5.74) is 0. The molecule has 2 aromatic rings. The lowest BCUT2D eigenvalue weighted by atomic mass is 10.4. The smallest absolute Gasteiger partial charge is 0.239 e. The zero-order valence-corrected chi connectivity index (χ0v) is 8.30. The molecular weight excluding hydrogens is 198 g/mol. The predicted molar refractivity (Wildman–Crippen MR) is 49.9 cm³/mol. The number of rotatable bonds is 5. The number of H-pyrrole nitrogens is 1. The molecule has 2 aromatic heterocycles. The van der Waals surface area contributed by atoms with Crippen molar-refractivity contribution >= 4 is 0 Å². The lowest BCUT2D eigenvalue weighted by molar-refractivity contribution is 0.144. The molecule has 1 N–H and O–H groups in total. The fourth-order valence-corrected chi connectivity index (χ4v) is 1.07. The Balaban J connectivity index is 1.98. The van der Waals surface area contributed by atoms with E-state index in [1.54, 1.807) is 0 Å². The molecule has 0 aliphatic rings. The van der Waals surface area contributed by atoms with Crippen LogP contribution in [0.4, 0.5) is 0 Å². The maximum atomic E-state index is 5.17. The van der Waals surface area contributed by atoms with Crippen LogP contribution in [-0.4, -0.2) is 38.5 Å². The highest BCUT2D eigenvalue weighted by Gasteiger charge is 2.10. The number of nitrogens with one attached hydrogen (secondary N) is 1.